The van der Waals surface area contributed by atoms with E-state index in [1.165, 1.54) is 4.90 Å². The Hall–Kier alpha value is -2.28. The summed E-state index contributed by atoms with van der Waals surface area (Å²) in [5.41, 5.74) is 0.236. The Morgan fingerprint density at radius 1 is 1.32 bits per heavy atom. The topological polar surface area (TPSA) is 87.7 Å². The van der Waals surface area contributed by atoms with E-state index in [1.54, 1.807) is 39.8 Å². The lowest BCUT2D eigenvalue weighted by molar-refractivity contribution is -0.139. The van der Waals surface area contributed by atoms with Crippen molar-refractivity contribution >= 4 is 29.5 Å². The largest absolute Gasteiger partial charge is 0.444 e. The normalized spacial score (nSPS) is 17.8. The quantitative estimate of drug-likeness (QED) is 0.782. The Balaban J connectivity index is 1.92. The van der Waals surface area contributed by atoms with Crippen LogP contribution in [-0.2, 0) is 20.9 Å². The maximum absolute atomic E-state index is 12.7. The second-order valence-electron chi connectivity index (χ2n) is 7.91. The minimum atomic E-state index is -0.781. The number of nitrogens with zero attached hydrogens (tertiary/aromatic N) is 1. The number of alkyl carbamates (subject to hydrolysis) is 1. The highest BCUT2D eigenvalue weighted by Crippen LogP contribution is 2.19. The van der Waals surface area contributed by atoms with Gasteiger partial charge in [0.15, 0.2) is 0 Å². The van der Waals surface area contributed by atoms with Crippen LogP contribution in [0.15, 0.2) is 24.3 Å². The van der Waals surface area contributed by atoms with Crippen LogP contribution in [0, 0.1) is 0 Å². The van der Waals surface area contributed by atoms with Crippen LogP contribution in [0.1, 0.15) is 46.1 Å². The van der Waals surface area contributed by atoms with E-state index in [2.05, 4.69) is 10.6 Å². The number of likely N-dealkylation sites (tertiary alicyclic amines) is 1. The van der Waals surface area contributed by atoms with Gasteiger partial charge < -0.3 is 20.3 Å². The Morgan fingerprint density at radius 3 is 2.68 bits per heavy atom. The molecule has 154 valence electrons. The van der Waals surface area contributed by atoms with Gasteiger partial charge in [-0.3, -0.25) is 9.59 Å². The molecule has 0 spiro atoms. The molecule has 1 fully saturated rings. The minimum Gasteiger partial charge on any atom is -0.444 e. The Bertz CT molecular complexity index is 732. The summed E-state index contributed by atoms with van der Waals surface area (Å²) in [7, 11) is 0. The fraction of sp³-hybridized carbons (Fsp3) is 0.550. The van der Waals surface area contributed by atoms with E-state index in [-0.39, 0.29) is 11.8 Å². The summed E-state index contributed by atoms with van der Waals surface area (Å²) >= 11 is 5.96. The maximum atomic E-state index is 12.7. The lowest BCUT2D eigenvalue weighted by atomic mass is 10.1. The third kappa shape index (κ3) is 6.41. The molecule has 0 radical (unpaired) electrons. The Morgan fingerprint density at radius 2 is 2.04 bits per heavy atom. The zero-order chi connectivity index (χ0) is 20.9. The van der Waals surface area contributed by atoms with E-state index >= 15 is 0 Å². The predicted octanol–water partition coefficient (Wildman–Crippen LogP) is 2.86. The molecule has 0 aromatic heterocycles. The van der Waals surface area contributed by atoms with Crippen LogP contribution < -0.4 is 10.6 Å². The van der Waals surface area contributed by atoms with Gasteiger partial charge in [0.2, 0.25) is 11.8 Å². The Kier molecular flexibility index (Phi) is 7.29. The molecule has 2 atom stereocenters. The molecule has 1 aromatic rings. The monoisotopic (exact) mass is 409 g/mol. The lowest BCUT2D eigenvalue weighted by Crippen LogP contribution is -2.52. The summed E-state index contributed by atoms with van der Waals surface area (Å²) < 4.78 is 5.18. The zero-order valence-electron chi connectivity index (χ0n) is 16.8. The van der Waals surface area contributed by atoms with Crippen molar-refractivity contribution in [3.05, 3.63) is 34.9 Å². The van der Waals surface area contributed by atoms with Crippen molar-refractivity contribution in [2.75, 3.05) is 6.54 Å². The molecule has 8 heteroatoms. The van der Waals surface area contributed by atoms with Gasteiger partial charge in [0.1, 0.15) is 17.7 Å². The molecule has 1 aromatic carbocycles. The molecule has 2 N–H and O–H groups in total. The van der Waals surface area contributed by atoms with Crippen LogP contribution in [0.2, 0.25) is 5.02 Å². The van der Waals surface area contributed by atoms with Gasteiger partial charge in [-0.05, 0) is 58.2 Å². The molecule has 3 amide bonds. The molecule has 28 heavy (non-hydrogen) atoms. The first-order valence-corrected chi connectivity index (χ1v) is 9.77. The SMILES string of the molecule is C[C@@H](NC(=O)OC(C)(C)C)C(=O)N1CCC[C@H]1C(=O)NCc1cccc(Cl)c1. The van der Waals surface area contributed by atoms with Crippen molar-refractivity contribution in [1.82, 2.24) is 15.5 Å². The van der Waals surface area contributed by atoms with Gasteiger partial charge in [-0.15, -0.1) is 0 Å². The van der Waals surface area contributed by atoms with Gasteiger partial charge in [0, 0.05) is 18.1 Å². The fourth-order valence-electron chi connectivity index (χ4n) is 3.05. The second kappa shape index (κ2) is 9.28. The Labute approximate surface area is 170 Å². The summed E-state index contributed by atoms with van der Waals surface area (Å²) in [6, 6.07) is 5.91. The van der Waals surface area contributed by atoms with Crippen LogP contribution in [0.4, 0.5) is 4.79 Å². The van der Waals surface area contributed by atoms with Crippen LogP contribution in [-0.4, -0.2) is 47.0 Å². The number of rotatable bonds is 5. The van der Waals surface area contributed by atoms with E-state index in [9.17, 15) is 14.4 Å². The van der Waals surface area contributed by atoms with Crippen molar-refractivity contribution in [2.24, 2.45) is 0 Å². The van der Waals surface area contributed by atoms with Crippen molar-refractivity contribution in [1.29, 1.82) is 0 Å². The van der Waals surface area contributed by atoms with E-state index < -0.39 is 23.8 Å². The number of halogens is 1. The van der Waals surface area contributed by atoms with Crippen LogP contribution >= 0.6 is 11.6 Å². The molecular weight excluding hydrogens is 382 g/mol. The number of ether oxygens (including phenoxy) is 1. The van der Waals surface area contributed by atoms with Crippen molar-refractivity contribution in [3.63, 3.8) is 0 Å². The minimum absolute atomic E-state index is 0.213. The summed E-state index contributed by atoms with van der Waals surface area (Å²) in [5.74, 6) is -0.512. The smallest absolute Gasteiger partial charge is 0.408 e. The second-order valence-corrected chi connectivity index (χ2v) is 8.34. The summed E-state index contributed by atoms with van der Waals surface area (Å²) in [4.78, 5) is 38.8. The molecule has 0 aliphatic carbocycles. The molecule has 1 aliphatic heterocycles. The highest BCUT2D eigenvalue weighted by Gasteiger charge is 2.36. The van der Waals surface area contributed by atoms with Gasteiger partial charge in [-0.25, -0.2) is 4.79 Å². The number of carbonyl (C=O) groups is 3. The third-order valence-electron chi connectivity index (χ3n) is 4.30. The molecule has 2 rings (SSSR count). The molecule has 0 unspecified atom stereocenters. The average molecular weight is 410 g/mol. The summed E-state index contributed by atoms with van der Waals surface area (Å²) in [6.45, 7) is 7.66. The van der Waals surface area contributed by atoms with Crippen LogP contribution in [0.3, 0.4) is 0 Å². The van der Waals surface area contributed by atoms with E-state index in [1.807, 2.05) is 12.1 Å². The first-order chi connectivity index (χ1) is 13.1. The molecule has 7 nitrogen and oxygen atoms in total. The first-order valence-electron chi connectivity index (χ1n) is 9.39. The molecule has 0 saturated carbocycles. The summed E-state index contributed by atoms with van der Waals surface area (Å²) in [6.07, 6.45) is 0.668. The molecule has 0 bridgehead atoms. The van der Waals surface area contributed by atoms with Gasteiger partial charge in [-0.1, -0.05) is 23.7 Å². The van der Waals surface area contributed by atoms with Gasteiger partial charge in [0.25, 0.3) is 0 Å². The number of hydrogen-bond donors (Lipinski definition) is 2. The van der Waals surface area contributed by atoms with Crippen molar-refractivity contribution in [3.8, 4) is 0 Å². The van der Waals surface area contributed by atoms with Gasteiger partial charge >= 0.3 is 6.09 Å². The molecule has 1 saturated heterocycles. The van der Waals surface area contributed by atoms with E-state index in [0.29, 0.717) is 24.5 Å². The van der Waals surface area contributed by atoms with Crippen molar-refractivity contribution in [2.45, 2.75) is 64.8 Å². The molecular formula is C20H28ClN3O4. The van der Waals surface area contributed by atoms with Crippen molar-refractivity contribution < 1.29 is 19.1 Å². The van der Waals surface area contributed by atoms with E-state index in [0.717, 1.165) is 12.0 Å². The number of nitrogens with one attached hydrogen (secondary N) is 2. The number of amides is 3. The predicted molar refractivity (Wildman–Crippen MR) is 107 cm³/mol. The van der Waals surface area contributed by atoms with Crippen LogP contribution in [0.5, 0.6) is 0 Å². The molecule has 1 heterocycles. The third-order valence-corrected chi connectivity index (χ3v) is 4.53. The first kappa shape index (κ1) is 22.0. The van der Waals surface area contributed by atoms with E-state index in [4.69, 9.17) is 16.3 Å². The summed E-state index contributed by atoms with van der Waals surface area (Å²) in [5, 5.41) is 6.00. The maximum Gasteiger partial charge on any atom is 0.408 e. The zero-order valence-corrected chi connectivity index (χ0v) is 17.5. The average Bonchev–Trinajstić information content (AvgIpc) is 3.07. The fourth-order valence-corrected chi connectivity index (χ4v) is 3.26. The number of benzene rings is 1. The number of carbonyl (C=O) groups excluding carboxylic acids is 3. The molecule has 1 aliphatic rings. The standard InChI is InChI=1S/C20H28ClN3O4/c1-13(23-19(27)28-20(2,3)4)18(26)24-10-6-9-16(24)17(25)22-12-14-7-5-8-15(21)11-14/h5,7-8,11,13,16H,6,9-10,12H2,1-4H3,(H,22,25)(H,23,27)/t13-,16+/m1/s1. The van der Waals surface area contributed by atoms with Gasteiger partial charge in [-0.2, -0.15) is 0 Å². The highest BCUT2D eigenvalue weighted by molar-refractivity contribution is 6.30. The van der Waals surface area contributed by atoms with Gasteiger partial charge in [0.05, 0.1) is 0 Å². The number of hydrogen-bond acceptors (Lipinski definition) is 4. The van der Waals surface area contributed by atoms with Crippen LogP contribution in [0.25, 0.3) is 0 Å². The highest BCUT2D eigenvalue weighted by atomic mass is 35.5. The lowest BCUT2D eigenvalue weighted by Gasteiger charge is -2.28.